The van der Waals surface area contributed by atoms with E-state index in [1.54, 1.807) is 62.4 Å². The zero-order valence-electron chi connectivity index (χ0n) is 37.2. The van der Waals surface area contributed by atoms with E-state index in [9.17, 15) is 34.5 Å². The van der Waals surface area contributed by atoms with E-state index < -0.39 is 24.1 Å². The van der Waals surface area contributed by atoms with Crippen molar-refractivity contribution < 1.29 is 88.8 Å². The van der Waals surface area contributed by atoms with Crippen LogP contribution in [0.3, 0.4) is 0 Å². The number of carboxylic acids is 1. The number of aromatic hydroxyl groups is 2. The number of benzene rings is 4. The molecule has 0 saturated carbocycles. The molecule has 2 atom stereocenters. The first kappa shape index (κ1) is 56.3. The molecule has 5 N–H and O–H groups in total. The van der Waals surface area contributed by atoms with Crippen LogP contribution in [0.15, 0.2) is 72.8 Å². The summed E-state index contributed by atoms with van der Waals surface area (Å²) in [7, 11) is 2.32. The molecule has 13 heteroatoms. The van der Waals surface area contributed by atoms with E-state index in [0.717, 1.165) is 43.9 Å². The maximum Gasteiger partial charge on any atom is 1.00 e. The fourth-order valence-electron chi connectivity index (χ4n) is 6.63. The number of ketones is 2. The van der Waals surface area contributed by atoms with Crippen molar-refractivity contribution in [3.8, 4) is 23.0 Å². The molecule has 0 aliphatic rings. The predicted octanol–water partition coefficient (Wildman–Crippen LogP) is 6.71. The Morgan fingerprint density at radius 1 is 0.574 bits per heavy atom. The number of Topliss-reactive ketones (excluding diaryl/α,β-unsaturated/α-hetero) is 2. The number of phenolic OH excluding ortho intramolecular Hbond substituents is 2. The average molecular weight is 855 g/mol. The minimum absolute atomic E-state index is 0. The first-order chi connectivity index (χ1) is 28.4. The first-order valence-electron chi connectivity index (χ1n) is 20.4. The number of rotatable bonds is 20. The second kappa shape index (κ2) is 29.5. The molecule has 0 bridgehead atoms. The molecule has 0 fully saturated rings. The van der Waals surface area contributed by atoms with Gasteiger partial charge in [0.25, 0.3) is 0 Å². The van der Waals surface area contributed by atoms with Gasteiger partial charge in [-0.25, -0.2) is 9.59 Å². The van der Waals surface area contributed by atoms with E-state index in [4.69, 9.17) is 19.3 Å². The summed E-state index contributed by atoms with van der Waals surface area (Å²) >= 11 is 0. The number of carbonyl (C=O) groups is 4. The number of hydrogen-bond donors (Lipinski definition) is 4. The number of esters is 1. The fourth-order valence-corrected chi connectivity index (χ4v) is 6.63. The minimum Gasteiger partial charge on any atom is -0.870 e. The van der Waals surface area contributed by atoms with Crippen molar-refractivity contribution in [2.45, 2.75) is 118 Å². The molecule has 4 aromatic rings. The molecule has 0 aliphatic heterocycles. The van der Waals surface area contributed by atoms with Crippen LogP contribution in [-0.4, -0.2) is 63.6 Å². The SMILES string of the molecule is CCCc1cc(C(=O)CC)c(O)c(CCC)c1OC(C(=O)O)c1ccccc1.CCCc1cc(C(=O)CC)c(O)c(CCC)c1OC(C(=O)OC)c1ccccc1.CO.[Na+].[OH-]. The van der Waals surface area contributed by atoms with E-state index in [-0.39, 0.29) is 70.1 Å². The van der Waals surface area contributed by atoms with Crippen molar-refractivity contribution in [1.82, 2.24) is 0 Å². The van der Waals surface area contributed by atoms with Crippen LogP contribution in [0, 0.1) is 0 Å². The predicted molar refractivity (Wildman–Crippen MR) is 231 cm³/mol. The largest absolute Gasteiger partial charge is 1.00 e. The molecule has 4 aromatic carbocycles. The summed E-state index contributed by atoms with van der Waals surface area (Å²) in [4.78, 5) is 49.1. The molecular weight excluding hydrogens is 792 g/mol. The van der Waals surface area contributed by atoms with Gasteiger partial charge < -0.3 is 40.1 Å². The second-order valence-electron chi connectivity index (χ2n) is 13.7. The fraction of sp³-hybridized carbons (Fsp3) is 0.417. The molecule has 0 saturated heterocycles. The summed E-state index contributed by atoms with van der Waals surface area (Å²) < 4.78 is 17.2. The molecule has 0 aliphatic carbocycles. The summed E-state index contributed by atoms with van der Waals surface area (Å²) in [5.41, 5.74) is 4.44. The van der Waals surface area contributed by atoms with Crippen molar-refractivity contribution in [3.05, 3.63) is 117 Å². The van der Waals surface area contributed by atoms with Crippen molar-refractivity contribution in [2.24, 2.45) is 0 Å². The second-order valence-corrected chi connectivity index (χ2v) is 13.7. The quantitative estimate of drug-likeness (QED) is 0.0416. The van der Waals surface area contributed by atoms with Crippen LogP contribution in [-0.2, 0) is 40.0 Å². The van der Waals surface area contributed by atoms with Crippen LogP contribution >= 0.6 is 0 Å². The van der Waals surface area contributed by atoms with Gasteiger partial charge in [-0.3, -0.25) is 9.59 Å². The van der Waals surface area contributed by atoms with Gasteiger partial charge in [-0.05, 0) is 48.9 Å². The van der Waals surface area contributed by atoms with E-state index in [1.807, 2.05) is 52.0 Å². The zero-order valence-corrected chi connectivity index (χ0v) is 39.2. The number of ether oxygens (including phenoxy) is 3. The normalized spacial score (nSPS) is 11.1. The van der Waals surface area contributed by atoms with Crippen LogP contribution in [0.25, 0.3) is 0 Å². The Bertz CT molecular complexity index is 1970. The number of hydrogen-bond acceptors (Lipinski definition) is 11. The molecule has 0 aromatic heterocycles. The van der Waals surface area contributed by atoms with Gasteiger partial charge in [0.2, 0.25) is 12.2 Å². The Hall–Kier alpha value is -4.72. The number of aliphatic hydroxyl groups excluding tert-OH is 1. The Balaban J connectivity index is 0.00000110. The smallest absolute Gasteiger partial charge is 0.870 e. The Morgan fingerprint density at radius 3 is 1.23 bits per heavy atom. The number of carbonyl (C=O) groups excluding carboxylic acids is 3. The van der Waals surface area contributed by atoms with Crippen LogP contribution in [0.4, 0.5) is 0 Å². The van der Waals surface area contributed by atoms with E-state index in [0.29, 0.717) is 71.4 Å². The molecule has 61 heavy (non-hydrogen) atoms. The Morgan fingerprint density at radius 2 is 0.918 bits per heavy atom. The van der Waals surface area contributed by atoms with Crippen molar-refractivity contribution in [2.75, 3.05) is 14.2 Å². The summed E-state index contributed by atoms with van der Waals surface area (Å²) in [6.45, 7) is 11.5. The van der Waals surface area contributed by atoms with E-state index in [2.05, 4.69) is 0 Å². The van der Waals surface area contributed by atoms with Crippen molar-refractivity contribution in [1.29, 1.82) is 0 Å². The maximum absolute atomic E-state index is 12.5. The van der Waals surface area contributed by atoms with Gasteiger partial charge in [-0.15, -0.1) is 0 Å². The van der Waals surface area contributed by atoms with Gasteiger partial charge in [0.05, 0.1) is 18.2 Å². The van der Waals surface area contributed by atoms with Crippen LogP contribution in [0.5, 0.6) is 23.0 Å². The summed E-state index contributed by atoms with van der Waals surface area (Å²) in [5, 5.41) is 38.4. The number of aliphatic carboxylic acids is 1. The van der Waals surface area contributed by atoms with Crippen LogP contribution in [0.1, 0.15) is 146 Å². The molecule has 0 spiro atoms. The number of phenols is 2. The third-order valence-electron chi connectivity index (χ3n) is 9.45. The van der Waals surface area contributed by atoms with Crippen molar-refractivity contribution in [3.63, 3.8) is 0 Å². The monoisotopic (exact) mass is 854 g/mol. The van der Waals surface area contributed by atoms with Crippen LogP contribution < -0.4 is 39.0 Å². The average Bonchev–Trinajstić information content (AvgIpc) is 3.26. The molecule has 0 radical (unpaired) electrons. The standard InChI is InChI=1S/C24H30O5.C23H28O5.CH4O.Na.H2O/c1-5-11-17-15-19(20(25)7-3)21(26)18(12-6-2)22(17)29-23(24(27)28-4)16-13-9-8-10-14-16;1-4-10-16-14-18(19(24)6-3)20(25)17(11-5-2)21(16)28-22(23(26)27)15-12-8-7-9-13-15;1-2;;/h8-10,13-15,23,26H,5-7,11-12H2,1-4H3;7-9,12-14,22,25H,4-6,10-11H2,1-3H3,(H,26,27);2H,1H3;;1H2/q;;;+1;/p-1. The van der Waals surface area contributed by atoms with Crippen molar-refractivity contribution >= 4 is 23.5 Å². The molecule has 328 valence electrons. The van der Waals surface area contributed by atoms with Gasteiger partial charge in [-0.1, -0.05) is 128 Å². The molecule has 4 rings (SSSR count). The van der Waals surface area contributed by atoms with E-state index in [1.165, 1.54) is 7.11 Å². The van der Waals surface area contributed by atoms with Gasteiger partial charge in [0.1, 0.15) is 23.0 Å². The third kappa shape index (κ3) is 15.3. The molecule has 0 amide bonds. The third-order valence-corrected chi connectivity index (χ3v) is 9.45. The number of carboxylic acid groups (broad SMARTS) is 1. The van der Waals surface area contributed by atoms with Gasteiger partial charge in [-0.2, -0.15) is 0 Å². The molecule has 2 unspecified atom stereocenters. The Kier molecular flexibility index (Phi) is 27.2. The number of aryl methyl sites for hydroxylation is 2. The summed E-state index contributed by atoms with van der Waals surface area (Å²) in [6.07, 6.45) is 3.86. The molecule has 0 heterocycles. The number of methoxy groups -OCH3 is 1. The van der Waals surface area contributed by atoms with Gasteiger partial charge >= 0.3 is 41.5 Å². The number of aliphatic hydroxyl groups is 1. The zero-order chi connectivity index (χ0) is 44.1. The van der Waals surface area contributed by atoms with Crippen LogP contribution in [0.2, 0.25) is 0 Å². The summed E-state index contributed by atoms with van der Waals surface area (Å²) in [5.74, 6) is -1.18. The van der Waals surface area contributed by atoms with Gasteiger partial charge in [0.15, 0.2) is 11.6 Å². The first-order valence-corrected chi connectivity index (χ1v) is 20.4. The Labute approximate surface area is 382 Å². The van der Waals surface area contributed by atoms with Gasteiger partial charge in [0, 0.05) is 42.2 Å². The molecule has 12 nitrogen and oxygen atoms in total. The van der Waals surface area contributed by atoms with E-state index >= 15 is 0 Å². The molecular formula is C48H63NaO12. The summed E-state index contributed by atoms with van der Waals surface area (Å²) in [6, 6.07) is 21.2. The minimum atomic E-state index is -1.19. The topological polar surface area (TPSA) is 207 Å². The maximum atomic E-state index is 12.5.